The number of ether oxygens (including phenoxy) is 1. The molecule has 2 aromatic rings. The van der Waals surface area contributed by atoms with E-state index < -0.39 is 0 Å². The second kappa shape index (κ2) is 7.99. The molecule has 144 valence electrons. The summed E-state index contributed by atoms with van der Waals surface area (Å²) in [5, 5.41) is 0. The molecule has 4 rings (SSSR count). The van der Waals surface area contributed by atoms with Gasteiger partial charge in [-0.1, -0.05) is 0 Å². The molecule has 2 aliphatic rings. The van der Waals surface area contributed by atoms with Crippen molar-refractivity contribution in [1.82, 2.24) is 19.9 Å². The summed E-state index contributed by atoms with van der Waals surface area (Å²) >= 11 is 0. The van der Waals surface area contributed by atoms with Gasteiger partial charge in [0.05, 0.1) is 19.4 Å². The summed E-state index contributed by atoms with van der Waals surface area (Å²) in [6.07, 6.45) is 6.41. The molecule has 0 spiro atoms. The maximum absolute atomic E-state index is 14.1. The van der Waals surface area contributed by atoms with E-state index in [-0.39, 0.29) is 11.9 Å². The van der Waals surface area contributed by atoms with Crippen molar-refractivity contribution in [3.05, 3.63) is 30.6 Å². The Morgan fingerprint density at radius 3 is 2.85 bits per heavy atom. The number of hydrogen-bond acceptors (Lipinski definition) is 8. The summed E-state index contributed by atoms with van der Waals surface area (Å²) in [6, 6.07) is 2.15. The first kappa shape index (κ1) is 17.8. The first-order valence-corrected chi connectivity index (χ1v) is 9.31. The van der Waals surface area contributed by atoms with Crippen molar-refractivity contribution in [3.8, 4) is 0 Å². The quantitative estimate of drug-likeness (QED) is 0.795. The van der Waals surface area contributed by atoms with Crippen LogP contribution in [-0.2, 0) is 4.74 Å². The molecule has 2 aliphatic heterocycles. The van der Waals surface area contributed by atoms with Crippen LogP contribution in [0.15, 0.2) is 24.8 Å². The van der Waals surface area contributed by atoms with Crippen LogP contribution in [0.4, 0.5) is 22.0 Å². The van der Waals surface area contributed by atoms with E-state index in [9.17, 15) is 4.39 Å². The molecule has 0 bridgehead atoms. The fraction of sp³-hybridized carbons (Fsp3) is 0.556. The van der Waals surface area contributed by atoms with Crippen LogP contribution in [0, 0.1) is 5.82 Å². The maximum atomic E-state index is 14.1. The summed E-state index contributed by atoms with van der Waals surface area (Å²) in [5.41, 5.74) is 0. The Hall–Kier alpha value is -2.55. The zero-order valence-electron chi connectivity index (χ0n) is 15.5. The highest BCUT2D eigenvalue weighted by Crippen LogP contribution is 2.25. The maximum Gasteiger partial charge on any atom is 0.227 e. The monoisotopic (exact) mass is 373 g/mol. The van der Waals surface area contributed by atoms with Crippen molar-refractivity contribution in [2.75, 3.05) is 61.1 Å². The van der Waals surface area contributed by atoms with E-state index >= 15 is 0 Å². The van der Waals surface area contributed by atoms with E-state index in [4.69, 9.17) is 9.72 Å². The van der Waals surface area contributed by atoms with Crippen LogP contribution in [0.3, 0.4) is 0 Å². The third kappa shape index (κ3) is 3.92. The largest absolute Gasteiger partial charge is 0.378 e. The third-order valence-corrected chi connectivity index (χ3v) is 5.18. The number of anilines is 3. The fourth-order valence-electron chi connectivity index (χ4n) is 3.64. The molecule has 1 atom stereocenters. The minimum Gasteiger partial charge on any atom is -0.378 e. The highest BCUT2D eigenvalue weighted by Gasteiger charge is 2.27. The zero-order chi connectivity index (χ0) is 18.6. The molecule has 9 heteroatoms. The number of hydrogen-bond donors (Lipinski definition) is 0. The average Bonchev–Trinajstić information content (AvgIpc) is 2.74. The van der Waals surface area contributed by atoms with Gasteiger partial charge in [-0.25, -0.2) is 19.3 Å². The van der Waals surface area contributed by atoms with Crippen LogP contribution in [0.25, 0.3) is 0 Å². The van der Waals surface area contributed by atoms with Crippen molar-refractivity contribution in [3.63, 3.8) is 0 Å². The lowest BCUT2D eigenvalue weighted by atomic mass is 10.0. The summed E-state index contributed by atoms with van der Waals surface area (Å²) < 4.78 is 19.5. The normalized spacial score (nSPS) is 20.6. The van der Waals surface area contributed by atoms with Gasteiger partial charge in [-0.2, -0.15) is 4.98 Å². The lowest BCUT2D eigenvalue weighted by Crippen LogP contribution is -2.47. The van der Waals surface area contributed by atoms with E-state index in [0.29, 0.717) is 25.6 Å². The molecule has 8 nitrogen and oxygen atoms in total. The molecule has 2 fully saturated rings. The van der Waals surface area contributed by atoms with Gasteiger partial charge >= 0.3 is 0 Å². The number of halogens is 1. The minimum atomic E-state index is -0.377. The molecule has 0 saturated carbocycles. The number of nitrogens with zero attached hydrogens (tertiary/aromatic N) is 7. The van der Waals surface area contributed by atoms with Crippen LogP contribution in [-0.4, -0.2) is 72.4 Å². The van der Waals surface area contributed by atoms with Gasteiger partial charge in [0.1, 0.15) is 12.1 Å². The van der Waals surface area contributed by atoms with Crippen LogP contribution >= 0.6 is 0 Å². The Bertz CT molecular complexity index is 771. The van der Waals surface area contributed by atoms with Crippen LogP contribution < -0.4 is 14.7 Å². The van der Waals surface area contributed by atoms with E-state index in [0.717, 1.165) is 44.2 Å². The molecular formula is C18H24FN7O. The van der Waals surface area contributed by atoms with Crippen LogP contribution in [0.2, 0.25) is 0 Å². The van der Waals surface area contributed by atoms with E-state index in [2.05, 4.69) is 24.8 Å². The Labute approximate surface area is 158 Å². The summed E-state index contributed by atoms with van der Waals surface area (Å²) in [5.74, 6) is 1.61. The van der Waals surface area contributed by atoms with Crippen molar-refractivity contribution >= 4 is 17.6 Å². The molecule has 2 saturated heterocycles. The third-order valence-electron chi connectivity index (χ3n) is 5.18. The second-order valence-electron chi connectivity index (χ2n) is 6.86. The van der Waals surface area contributed by atoms with Gasteiger partial charge in [0.25, 0.3) is 0 Å². The smallest absolute Gasteiger partial charge is 0.227 e. The first-order valence-electron chi connectivity index (χ1n) is 9.31. The van der Waals surface area contributed by atoms with Gasteiger partial charge in [-0.15, -0.1) is 0 Å². The van der Waals surface area contributed by atoms with Gasteiger partial charge in [-0.3, -0.25) is 0 Å². The summed E-state index contributed by atoms with van der Waals surface area (Å²) in [4.78, 5) is 23.3. The van der Waals surface area contributed by atoms with Crippen molar-refractivity contribution < 1.29 is 9.13 Å². The van der Waals surface area contributed by atoms with Crippen LogP contribution in [0.5, 0.6) is 0 Å². The van der Waals surface area contributed by atoms with Crippen molar-refractivity contribution in [1.29, 1.82) is 0 Å². The molecule has 0 aliphatic carbocycles. The molecule has 2 aromatic heterocycles. The number of morpholine rings is 1. The molecular weight excluding hydrogens is 349 g/mol. The molecule has 4 heterocycles. The van der Waals surface area contributed by atoms with Gasteiger partial charge < -0.3 is 19.4 Å². The van der Waals surface area contributed by atoms with Crippen LogP contribution in [0.1, 0.15) is 12.8 Å². The lowest BCUT2D eigenvalue weighted by molar-refractivity contribution is 0.122. The van der Waals surface area contributed by atoms with Gasteiger partial charge in [-0.05, 0) is 18.9 Å². The molecule has 27 heavy (non-hydrogen) atoms. The predicted octanol–water partition coefficient (Wildman–Crippen LogP) is 1.35. The summed E-state index contributed by atoms with van der Waals surface area (Å²) in [7, 11) is 2.04. The summed E-state index contributed by atoms with van der Waals surface area (Å²) in [6.45, 7) is 4.49. The van der Waals surface area contributed by atoms with E-state index in [1.807, 2.05) is 18.0 Å². The van der Waals surface area contributed by atoms with Gasteiger partial charge in [0, 0.05) is 45.5 Å². The first-order chi connectivity index (χ1) is 13.2. The predicted molar refractivity (Wildman–Crippen MR) is 101 cm³/mol. The lowest BCUT2D eigenvalue weighted by Gasteiger charge is -2.39. The Morgan fingerprint density at radius 1 is 1.19 bits per heavy atom. The van der Waals surface area contributed by atoms with Gasteiger partial charge in [0.15, 0.2) is 11.6 Å². The highest BCUT2D eigenvalue weighted by atomic mass is 19.1. The fourth-order valence-corrected chi connectivity index (χ4v) is 3.64. The zero-order valence-corrected chi connectivity index (χ0v) is 15.5. The van der Waals surface area contributed by atoms with E-state index in [1.165, 1.54) is 12.5 Å². The Kier molecular flexibility index (Phi) is 5.28. The topological polar surface area (TPSA) is 70.5 Å². The number of aromatic nitrogens is 4. The number of likely N-dealkylation sites (N-methyl/N-ethyl adjacent to an activating group) is 1. The van der Waals surface area contributed by atoms with Crippen molar-refractivity contribution in [2.24, 2.45) is 0 Å². The van der Waals surface area contributed by atoms with Crippen molar-refractivity contribution in [2.45, 2.75) is 18.9 Å². The molecule has 0 radical (unpaired) electrons. The SMILES string of the molecule is CN(c1ccnc(N2CCOCC2)n1)C1CCCN(c2ncncc2F)C1. The standard InChI is InChI=1S/C18H24FN7O/c1-24(16-4-5-21-18(23-16)25-7-9-27-10-8-25)14-3-2-6-26(12-14)17-15(19)11-20-13-22-17/h4-5,11,13-14H,2-3,6-10,12H2,1H3. The van der Waals surface area contributed by atoms with E-state index in [1.54, 1.807) is 6.20 Å². The average molecular weight is 373 g/mol. The minimum absolute atomic E-state index is 0.223. The Balaban J connectivity index is 1.49. The Morgan fingerprint density at radius 2 is 2.04 bits per heavy atom. The highest BCUT2D eigenvalue weighted by molar-refractivity contribution is 5.46. The number of piperidine rings is 1. The molecule has 0 amide bonds. The van der Waals surface area contributed by atoms with Gasteiger partial charge in [0.2, 0.25) is 5.95 Å². The molecule has 0 aromatic carbocycles. The number of rotatable bonds is 4. The second-order valence-corrected chi connectivity index (χ2v) is 6.86. The molecule has 0 N–H and O–H groups in total. The molecule has 1 unspecified atom stereocenters.